The maximum Gasteiger partial charge on any atom is 0.192 e. The van der Waals surface area contributed by atoms with Gasteiger partial charge in [-0.1, -0.05) is 12.2 Å². The van der Waals surface area contributed by atoms with Crippen LogP contribution in [0.3, 0.4) is 0 Å². The van der Waals surface area contributed by atoms with E-state index >= 15 is 0 Å². The third kappa shape index (κ3) is 1.79. The van der Waals surface area contributed by atoms with Gasteiger partial charge in [-0.15, -0.1) is 0 Å². The van der Waals surface area contributed by atoms with Crippen molar-refractivity contribution in [3.8, 4) is 11.9 Å². The Balaban J connectivity index is 3.26. The highest BCUT2D eigenvalue weighted by atomic mass is 32.1. The molecule has 0 aliphatic rings. The number of H-pyrrole nitrogens is 1. The lowest BCUT2D eigenvalue weighted by Gasteiger charge is -1.98. The summed E-state index contributed by atoms with van der Waals surface area (Å²) in [5.74, 6) is 0.508. The zero-order valence-corrected chi connectivity index (χ0v) is 6.73. The Morgan fingerprint density at radius 3 is 2.91 bits per heavy atom. The van der Waals surface area contributed by atoms with Crippen LogP contribution in [0.4, 0.5) is 0 Å². The number of nitrogens with one attached hydrogen (secondary N) is 1. The van der Waals surface area contributed by atoms with E-state index < -0.39 is 0 Å². The normalized spacial score (nSPS) is 8.73. The summed E-state index contributed by atoms with van der Waals surface area (Å²) in [6, 6.07) is 5.17. The van der Waals surface area contributed by atoms with Crippen LogP contribution in [-0.2, 0) is 0 Å². The number of methoxy groups -OCH3 is 1. The van der Waals surface area contributed by atoms with Gasteiger partial charge in [-0.3, -0.25) is 0 Å². The van der Waals surface area contributed by atoms with E-state index in [-0.39, 0.29) is 0 Å². The Hall–Kier alpha value is -1.34. The van der Waals surface area contributed by atoms with Crippen LogP contribution >= 0.6 is 12.2 Å². The Morgan fingerprint density at radius 1 is 1.64 bits per heavy atom. The second-order valence-corrected chi connectivity index (χ2v) is 2.38. The number of hydrogen-bond acceptors (Lipinski definition) is 3. The highest BCUT2D eigenvalue weighted by molar-refractivity contribution is 7.71. The average Bonchev–Trinajstić information content (AvgIpc) is 2.03. The van der Waals surface area contributed by atoms with E-state index in [1.807, 2.05) is 6.07 Å². The second kappa shape index (κ2) is 3.17. The predicted octanol–water partition coefficient (Wildman–Crippen LogP) is 1.62. The second-order valence-electron chi connectivity index (χ2n) is 1.91. The molecule has 0 bridgehead atoms. The van der Waals surface area contributed by atoms with Crippen LogP contribution in [0.1, 0.15) is 5.69 Å². The number of rotatable bonds is 1. The number of nitriles is 1. The average molecular weight is 166 g/mol. The summed E-state index contributed by atoms with van der Waals surface area (Å²) in [7, 11) is 1.52. The molecule has 1 aromatic rings. The molecule has 0 amide bonds. The van der Waals surface area contributed by atoms with Crippen molar-refractivity contribution >= 4 is 12.2 Å². The summed E-state index contributed by atoms with van der Waals surface area (Å²) in [5.41, 5.74) is 0.411. The number of aromatic nitrogens is 1. The fraction of sp³-hybridized carbons (Fsp3) is 0.143. The van der Waals surface area contributed by atoms with Gasteiger partial charge < -0.3 is 9.72 Å². The molecule has 4 heteroatoms. The predicted molar refractivity (Wildman–Crippen MR) is 42.9 cm³/mol. The van der Waals surface area contributed by atoms with Crippen molar-refractivity contribution in [1.29, 1.82) is 5.26 Å². The standard InChI is InChI=1S/C7H6N2OS/c1-10-7-3-6(11)2-5(4-8)9-7/h2-3H,1H3,(H,9,11). The fourth-order valence-electron chi connectivity index (χ4n) is 0.688. The first-order chi connectivity index (χ1) is 5.26. The van der Waals surface area contributed by atoms with E-state index in [4.69, 9.17) is 22.2 Å². The summed E-state index contributed by atoms with van der Waals surface area (Å²) in [6.45, 7) is 0. The maximum atomic E-state index is 8.50. The van der Waals surface area contributed by atoms with Crippen molar-refractivity contribution in [3.05, 3.63) is 22.3 Å². The monoisotopic (exact) mass is 166 g/mol. The Kier molecular flexibility index (Phi) is 2.24. The lowest BCUT2D eigenvalue weighted by Crippen LogP contribution is -1.89. The Labute approximate surface area is 69.2 Å². The molecule has 0 atom stereocenters. The molecule has 1 heterocycles. The molecule has 11 heavy (non-hydrogen) atoms. The van der Waals surface area contributed by atoms with Crippen LogP contribution in [-0.4, -0.2) is 12.1 Å². The molecule has 0 radical (unpaired) electrons. The molecular formula is C7H6N2OS. The number of hydrogen-bond donors (Lipinski definition) is 1. The van der Waals surface area contributed by atoms with Gasteiger partial charge in [0.25, 0.3) is 0 Å². The highest BCUT2D eigenvalue weighted by Crippen LogP contribution is 2.07. The smallest absolute Gasteiger partial charge is 0.192 e. The van der Waals surface area contributed by atoms with Crippen LogP contribution < -0.4 is 4.74 Å². The molecular weight excluding hydrogens is 160 g/mol. The largest absolute Gasteiger partial charge is 0.482 e. The molecule has 0 aliphatic heterocycles. The molecule has 0 saturated carbocycles. The van der Waals surface area contributed by atoms with Gasteiger partial charge in [0, 0.05) is 10.6 Å². The molecule has 3 nitrogen and oxygen atoms in total. The van der Waals surface area contributed by atoms with Crippen molar-refractivity contribution < 1.29 is 4.74 Å². The van der Waals surface area contributed by atoms with Crippen LogP contribution in [0, 0.1) is 15.8 Å². The van der Waals surface area contributed by atoms with Gasteiger partial charge in [-0.05, 0) is 6.07 Å². The highest BCUT2D eigenvalue weighted by Gasteiger charge is 1.93. The zero-order chi connectivity index (χ0) is 8.27. The van der Waals surface area contributed by atoms with Gasteiger partial charge in [0.15, 0.2) is 5.88 Å². The molecule has 1 N–H and O–H groups in total. The van der Waals surface area contributed by atoms with Crippen LogP contribution in [0.5, 0.6) is 5.88 Å². The summed E-state index contributed by atoms with van der Waals surface area (Å²) in [6.07, 6.45) is 0. The van der Waals surface area contributed by atoms with Gasteiger partial charge in [0.05, 0.1) is 7.11 Å². The van der Waals surface area contributed by atoms with Crippen LogP contribution in [0.25, 0.3) is 0 Å². The SMILES string of the molecule is COc1cc(=S)cc(C#N)[nH]1. The minimum Gasteiger partial charge on any atom is -0.482 e. The third-order valence-corrected chi connectivity index (χ3v) is 1.39. The number of nitrogens with zero attached hydrogens (tertiary/aromatic N) is 1. The minimum atomic E-state index is 0.411. The Morgan fingerprint density at radius 2 is 2.36 bits per heavy atom. The first-order valence-corrected chi connectivity index (χ1v) is 3.35. The van der Waals surface area contributed by atoms with E-state index in [1.54, 1.807) is 12.1 Å². The first kappa shape index (κ1) is 7.76. The van der Waals surface area contributed by atoms with Crippen molar-refractivity contribution in [1.82, 2.24) is 4.98 Å². The van der Waals surface area contributed by atoms with Gasteiger partial charge >= 0.3 is 0 Å². The topological polar surface area (TPSA) is 48.8 Å². The molecule has 0 spiro atoms. The summed E-state index contributed by atoms with van der Waals surface area (Å²) in [4.78, 5) is 2.73. The molecule has 0 saturated heterocycles. The number of ether oxygens (including phenoxy) is 1. The van der Waals surface area contributed by atoms with Crippen molar-refractivity contribution in [3.63, 3.8) is 0 Å². The van der Waals surface area contributed by atoms with Crippen molar-refractivity contribution in [2.75, 3.05) is 7.11 Å². The minimum absolute atomic E-state index is 0.411. The molecule has 0 fully saturated rings. The molecule has 1 aromatic heterocycles. The summed E-state index contributed by atoms with van der Waals surface area (Å²) >= 11 is 4.87. The first-order valence-electron chi connectivity index (χ1n) is 2.94. The lowest BCUT2D eigenvalue weighted by molar-refractivity contribution is 0.397. The van der Waals surface area contributed by atoms with E-state index in [0.717, 1.165) is 0 Å². The Bertz CT molecular complexity index is 350. The molecule has 1 rings (SSSR count). The van der Waals surface area contributed by atoms with Gasteiger partial charge in [0.1, 0.15) is 11.8 Å². The summed E-state index contributed by atoms with van der Waals surface area (Å²) < 4.78 is 5.46. The summed E-state index contributed by atoms with van der Waals surface area (Å²) in [5, 5.41) is 8.50. The maximum absolute atomic E-state index is 8.50. The van der Waals surface area contributed by atoms with Crippen LogP contribution in [0.15, 0.2) is 12.1 Å². The fourth-order valence-corrected chi connectivity index (χ4v) is 0.913. The van der Waals surface area contributed by atoms with Gasteiger partial charge in [0.2, 0.25) is 0 Å². The van der Waals surface area contributed by atoms with Crippen LogP contribution in [0.2, 0.25) is 0 Å². The van der Waals surface area contributed by atoms with E-state index in [9.17, 15) is 0 Å². The number of pyridine rings is 1. The molecule has 0 aromatic carbocycles. The van der Waals surface area contributed by atoms with Crippen molar-refractivity contribution in [2.24, 2.45) is 0 Å². The zero-order valence-electron chi connectivity index (χ0n) is 5.92. The van der Waals surface area contributed by atoms with Gasteiger partial charge in [-0.2, -0.15) is 5.26 Å². The molecule has 56 valence electrons. The quantitative estimate of drug-likeness (QED) is 0.645. The third-order valence-electron chi connectivity index (χ3n) is 1.16. The van der Waals surface area contributed by atoms with Crippen molar-refractivity contribution in [2.45, 2.75) is 0 Å². The lowest BCUT2D eigenvalue weighted by atomic mass is 10.4. The van der Waals surface area contributed by atoms with E-state index in [2.05, 4.69) is 4.98 Å². The van der Waals surface area contributed by atoms with Gasteiger partial charge in [-0.25, -0.2) is 0 Å². The molecule has 0 unspecified atom stereocenters. The number of aromatic amines is 1. The molecule has 0 aliphatic carbocycles. The van der Waals surface area contributed by atoms with E-state index in [0.29, 0.717) is 16.1 Å². The van der Waals surface area contributed by atoms with E-state index in [1.165, 1.54) is 7.11 Å².